The Morgan fingerprint density at radius 1 is 0.944 bits per heavy atom. The summed E-state index contributed by atoms with van der Waals surface area (Å²) >= 11 is 9.47. The molecule has 5 aromatic heterocycles. The highest BCUT2D eigenvalue weighted by atomic mass is 35.5. The maximum absolute atomic E-state index is 14.3. The number of nitrogens with one attached hydrogen (secondary N) is 3. The largest absolute Gasteiger partial charge is 0.490 e. The molecule has 368 valence electrons. The van der Waals surface area contributed by atoms with E-state index >= 15 is 0 Å². The van der Waals surface area contributed by atoms with E-state index in [1.54, 1.807) is 45.4 Å². The third-order valence-corrected chi connectivity index (χ3v) is 15.2. The number of thiophene rings is 1. The lowest BCUT2D eigenvalue weighted by molar-refractivity contribution is -0.142. The number of imidazole rings is 1. The average Bonchev–Trinajstić information content (AvgIpc) is 4.18. The van der Waals surface area contributed by atoms with Crippen LogP contribution >= 0.6 is 34.3 Å². The van der Waals surface area contributed by atoms with Gasteiger partial charge in [0.25, 0.3) is 5.91 Å². The minimum Gasteiger partial charge on any atom is -0.490 e. The summed E-state index contributed by atoms with van der Waals surface area (Å²) < 4.78 is 9.66. The number of aryl methyl sites for hydroxylation is 3. The summed E-state index contributed by atoms with van der Waals surface area (Å²) in [5.41, 5.74) is 8.16. The van der Waals surface area contributed by atoms with Crippen LogP contribution in [0.3, 0.4) is 0 Å². The zero-order chi connectivity index (χ0) is 50.3. The molecule has 0 aliphatic carbocycles. The van der Waals surface area contributed by atoms with Crippen molar-refractivity contribution >= 4 is 69.3 Å². The highest BCUT2D eigenvalue weighted by Crippen LogP contribution is 2.40. The number of fused-ring (bicyclic) bond motifs is 4. The molecule has 9 rings (SSSR count). The van der Waals surface area contributed by atoms with E-state index in [1.165, 1.54) is 11.1 Å². The molecule has 20 heteroatoms. The number of hydrogen-bond donors (Lipinski definition) is 4. The minimum atomic E-state index is -1.05. The van der Waals surface area contributed by atoms with Gasteiger partial charge >= 0.3 is 0 Å². The molecule has 4 atom stereocenters. The number of carbonyl (C=O) groups is 4. The van der Waals surface area contributed by atoms with Crippen molar-refractivity contribution in [3.8, 4) is 21.2 Å². The summed E-state index contributed by atoms with van der Waals surface area (Å²) in [4.78, 5) is 72.8. The van der Waals surface area contributed by atoms with Crippen LogP contribution in [0.25, 0.3) is 21.1 Å². The van der Waals surface area contributed by atoms with Crippen molar-refractivity contribution in [3.05, 3.63) is 134 Å². The number of ether oxygens (including phenoxy) is 1. The number of thiazole rings is 1. The van der Waals surface area contributed by atoms with Gasteiger partial charge in [-0.25, -0.2) is 9.97 Å². The van der Waals surface area contributed by atoms with Gasteiger partial charge in [-0.2, -0.15) is 0 Å². The molecule has 17 nitrogen and oxygen atoms in total. The first kappa shape index (κ1) is 49.2. The van der Waals surface area contributed by atoms with Gasteiger partial charge in [0.1, 0.15) is 52.6 Å². The first-order chi connectivity index (χ1) is 33.9. The maximum Gasteiger partial charge on any atom is 0.272 e. The van der Waals surface area contributed by atoms with Crippen LogP contribution in [0.4, 0.5) is 0 Å². The predicted octanol–water partition coefficient (Wildman–Crippen LogP) is 6.89. The van der Waals surface area contributed by atoms with Crippen LogP contribution in [0.2, 0.25) is 5.02 Å². The number of amides is 4. The summed E-state index contributed by atoms with van der Waals surface area (Å²) in [5.74, 6) is 0.0553. The Balaban J connectivity index is 0.809. The number of likely N-dealkylation sites (tertiary alicyclic amines) is 1. The molecule has 0 spiro atoms. The lowest BCUT2D eigenvalue weighted by Gasteiger charge is -2.35. The van der Waals surface area contributed by atoms with Crippen LogP contribution in [0, 0.1) is 33.1 Å². The van der Waals surface area contributed by atoms with Crippen LogP contribution in [0.5, 0.6) is 5.75 Å². The second-order valence-electron chi connectivity index (χ2n) is 18.9. The van der Waals surface area contributed by atoms with E-state index in [0.29, 0.717) is 28.1 Å². The van der Waals surface area contributed by atoms with Crippen molar-refractivity contribution in [3.63, 3.8) is 0 Å². The molecule has 2 aliphatic rings. The fraction of sp³-hybridized carbons (Fsp3) is 0.353. The average molecular weight is 1020 g/mol. The molecule has 1 unspecified atom stereocenters. The highest BCUT2D eigenvalue weighted by Gasteiger charge is 2.45. The van der Waals surface area contributed by atoms with E-state index in [4.69, 9.17) is 21.3 Å². The quantitative estimate of drug-likeness (QED) is 0.0830. The van der Waals surface area contributed by atoms with E-state index in [9.17, 15) is 24.3 Å². The van der Waals surface area contributed by atoms with E-state index < -0.39 is 47.4 Å². The minimum absolute atomic E-state index is 0.0243. The van der Waals surface area contributed by atoms with Gasteiger partial charge in [0.2, 0.25) is 17.7 Å². The molecular formula is C51H54ClN11O6S2. The number of aromatic nitrogens is 6. The van der Waals surface area contributed by atoms with Crippen LogP contribution in [0.15, 0.2) is 83.6 Å². The zero-order valence-electron chi connectivity index (χ0n) is 40.3. The van der Waals surface area contributed by atoms with Crippen LogP contribution < -0.4 is 20.7 Å². The third kappa shape index (κ3) is 10.4. The number of aliphatic imine (C=N–C) groups is 1. The Kier molecular flexibility index (Phi) is 13.9. The summed E-state index contributed by atoms with van der Waals surface area (Å²) in [6, 6.07) is 16.2. The van der Waals surface area contributed by atoms with Crippen molar-refractivity contribution in [1.82, 2.24) is 50.0 Å². The van der Waals surface area contributed by atoms with Gasteiger partial charge in [-0.3, -0.25) is 28.7 Å². The number of halogens is 1. The van der Waals surface area contributed by atoms with E-state index in [2.05, 4.69) is 50.0 Å². The lowest BCUT2D eigenvalue weighted by Crippen LogP contribution is -2.57. The van der Waals surface area contributed by atoms with Crippen molar-refractivity contribution in [1.29, 1.82) is 0 Å². The van der Waals surface area contributed by atoms with E-state index in [-0.39, 0.29) is 50.7 Å². The summed E-state index contributed by atoms with van der Waals surface area (Å²) in [6.45, 7) is 14.0. The number of aliphatic hydroxyl groups excluding tert-OH is 1. The number of hydrogen-bond acceptors (Lipinski definition) is 13. The monoisotopic (exact) mass is 1020 g/mol. The van der Waals surface area contributed by atoms with Gasteiger partial charge in [0.15, 0.2) is 5.82 Å². The Hall–Kier alpha value is -6.80. The number of β-amino-alcohol motifs (C(OH)–C–C–N with tert-alkyl or cyclic N) is 1. The zero-order valence-corrected chi connectivity index (χ0v) is 42.7. The molecule has 0 saturated carbocycles. The SMILES string of the molecule is Cc1ncsc1-c1ccc(CNC(=O)[C@@H]2C[C@@H](O)CN2C(=O)C(NC(=O)c2cn3cc(OCCNC(=O)C[C@@H]4N=C(c5ccc(Cl)cc5)c5c(sc(C)c5C)-n5c(C)nnc54)ccc3n2)C(C)(C)C)cc1. The maximum atomic E-state index is 14.3. The van der Waals surface area contributed by atoms with Gasteiger partial charge in [-0.15, -0.1) is 32.9 Å². The Bertz CT molecular complexity index is 3190. The molecule has 2 aliphatic heterocycles. The normalized spacial score (nSPS) is 17.0. The Labute approximate surface area is 423 Å². The van der Waals surface area contributed by atoms with Gasteiger partial charge in [-0.1, -0.05) is 68.8 Å². The molecule has 2 aromatic carbocycles. The van der Waals surface area contributed by atoms with Crippen LogP contribution in [-0.2, 0) is 20.9 Å². The predicted molar refractivity (Wildman–Crippen MR) is 273 cm³/mol. The summed E-state index contributed by atoms with van der Waals surface area (Å²) in [5, 5.41) is 29.9. The second kappa shape index (κ2) is 20.1. The number of benzene rings is 2. The smallest absolute Gasteiger partial charge is 0.272 e. The van der Waals surface area contributed by atoms with Crippen molar-refractivity contribution < 1.29 is 29.0 Å². The first-order valence-corrected chi connectivity index (χ1v) is 25.3. The highest BCUT2D eigenvalue weighted by molar-refractivity contribution is 7.15. The number of rotatable bonds is 14. The molecule has 4 N–H and O–H groups in total. The van der Waals surface area contributed by atoms with Crippen LogP contribution in [0.1, 0.15) is 94.6 Å². The standard InChI is InChI=1S/C51H54ClN11O6S2/c1-27-29(3)71-50-42(27)43(32-12-14-34(52)15-13-32)57-37(46-60-59-30(4)63(46)50)21-41(65)53-18-19-69-36-16-17-40-56-38(25-61(40)24-36)47(66)58-45(51(5,6)7)49(68)62-23-35(64)20-39(62)48(67)54-22-31-8-10-33(11-9-31)44-28(2)55-26-70-44/h8-17,24-26,35,37,39,45,64H,18-23H2,1-7H3,(H,53,65)(H,54,67)(H,58,66)/t35-,37+,39+,45?/m1/s1. The van der Waals surface area contributed by atoms with Gasteiger partial charge in [-0.05, 0) is 74.1 Å². The lowest BCUT2D eigenvalue weighted by atomic mass is 9.85. The van der Waals surface area contributed by atoms with E-state index in [0.717, 1.165) is 54.0 Å². The fourth-order valence-corrected chi connectivity index (χ4v) is 11.0. The van der Waals surface area contributed by atoms with Crippen molar-refractivity contribution in [2.24, 2.45) is 10.4 Å². The molecule has 7 heterocycles. The Morgan fingerprint density at radius 2 is 1.69 bits per heavy atom. The Morgan fingerprint density at radius 3 is 2.41 bits per heavy atom. The molecule has 4 amide bonds. The number of carbonyl (C=O) groups excluding carboxylic acids is 4. The summed E-state index contributed by atoms with van der Waals surface area (Å²) in [7, 11) is 0. The third-order valence-electron chi connectivity index (χ3n) is 12.8. The molecule has 0 bridgehead atoms. The molecule has 1 saturated heterocycles. The van der Waals surface area contributed by atoms with E-state index in [1.807, 2.05) is 93.2 Å². The van der Waals surface area contributed by atoms with Gasteiger partial charge in [0, 0.05) is 46.7 Å². The van der Waals surface area contributed by atoms with Crippen LogP contribution in [-0.4, -0.2) is 106 Å². The van der Waals surface area contributed by atoms with Gasteiger partial charge < -0.3 is 35.1 Å². The topological polar surface area (TPSA) is 210 Å². The molecule has 7 aromatic rings. The van der Waals surface area contributed by atoms with Crippen molar-refractivity contribution in [2.75, 3.05) is 19.7 Å². The number of pyridine rings is 1. The number of aliphatic hydroxyl groups is 1. The fourth-order valence-electron chi connectivity index (χ4n) is 8.89. The molecular weight excluding hydrogens is 962 g/mol. The molecule has 71 heavy (non-hydrogen) atoms. The first-order valence-electron chi connectivity index (χ1n) is 23.2. The molecule has 0 radical (unpaired) electrons. The van der Waals surface area contributed by atoms with Gasteiger partial charge in [0.05, 0.1) is 47.1 Å². The molecule has 1 fully saturated rings. The van der Waals surface area contributed by atoms with Crippen molar-refractivity contribution in [2.45, 2.75) is 92.1 Å². The number of nitrogens with zero attached hydrogens (tertiary/aromatic N) is 8. The second-order valence-corrected chi connectivity index (χ2v) is 21.4. The summed E-state index contributed by atoms with van der Waals surface area (Å²) in [6.07, 6.45) is 2.40.